The number of aromatic nitrogens is 1. The third-order valence-electron chi connectivity index (χ3n) is 1.82. The average molecular weight is 209 g/mol. The molecule has 0 aliphatic carbocycles. The smallest absolute Gasteiger partial charge is 0.133 e. The van der Waals surface area contributed by atoms with Gasteiger partial charge in [-0.1, -0.05) is 12.1 Å². The Morgan fingerprint density at radius 2 is 2.14 bits per heavy atom. The zero-order valence-corrected chi connectivity index (χ0v) is 8.09. The molecule has 0 saturated heterocycles. The quantitative estimate of drug-likeness (QED) is 0.824. The number of hydrogen-bond donors (Lipinski definition) is 1. The molecule has 72 valence electrons. The second-order valence-corrected chi connectivity index (χ2v) is 3.64. The number of aliphatic hydroxyl groups is 1. The normalized spacial score (nSPS) is 10.4. The van der Waals surface area contributed by atoms with Crippen molar-refractivity contribution in [3.63, 3.8) is 0 Å². The molecule has 0 fully saturated rings. The molecule has 0 aliphatic heterocycles. The summed E-state index contributed by atoms with van der Waals surface area (Å²) in [6.45, 7) is -0.106. The molecule has 1 N–H and O–H groups in total. The van der Waals surface area contributed by atoms with Crippen LogP contribution in [0.1, 0.15) is 5.69 Å². The number of nitrogens with zero attached hydrogens (tertiary/aromatic N) is 1. The van der Waals surface area contributed by atoms with E-state index in [1.807, 2.05) is 0 Å². The van der Waals surface area contributed by atoms with Crippen LogP contribution < -0.4 is 0 Å². The standard InChI is InChI=1S/C10H8FNOS/c11-9-4-2-1-3-8(9)10-12-7(5-13)6-14-10/h1-4,6,13H,5H2. The van der Waals surface area contributed by atoms with E-state index < -0.39 is 0 Å². The van der Waals surface area contributed by atoms with Gasteiger partial charge in [0.15, 0.2) is 0 Å². The van der Waals surface area contributed by atoms with Crippen molar-refractivity contribution in [2.24, 2.45) is 0 Å². The first-order valence-corrected chi connectivity index (χ1v) is 4.99. The second kappa shape index (κ2) is 3.86. The van der Waals surface area contributed by atoms with E-state index in [9.17, 15) is 4.39 Å². The van der Waals surface area contributed by atoms with Crippen molar-refractivity contribution in [3.05, 3.63) is 41.2 Å². The predicted octanol–water partition coefficient (Wildman–Crippen LogP) is 2.44. The maximum Gasteiger partial charge on any atom is 0.133 e. The summed E-state index contributed by atoms with van der Waals surface area (Å²) in [6, 6.07) is 6.47. The molecule has 0 unspecified atom stereocenters. The maximum atomic E-state index is 13.3. The monoisotopic (exact) mass is 209 g/mol. The fourth-order valence-electron chi connectivity index (χ4n) is 1.14. The molecule has 2 rings (SSSR count). The fraction of sp³-hybridized carbons (Fsp3) is 0.100. The van der Waals surface area contributed by atoms with Crippen molar-refractivity contribution in [2.45, 2.75) is 6.61 Å². The Labute approximate surface area is 84.7 Å². The van der Waals surface area contributed by atoms with E-state index in [1.165, 1.54) is 17.4 Å². The van der Waals surface area contributed by atoms with Gasteiger partial charge in [0.1, 0.15) is 10.8 Å². The van der Waals surface area contributed by atoms with E-state index in [2.05, 4.69) is 4.98 Å². The highest BCUT2D eigenvalue weighted by atomic mass is 32.1. The third-order valence-corrected chi connectivity index (χ3v) is 2.74. The summed E-state index contributed by atoms with van der Waals surface area (Å²) in [6.07, 6.45) is 0. The molecule has 1 heterocycles. The molecule has 0 saturated carbocycles. The number of halogens is 1. The van der Waals surface area contributed by atoms with Crippen LogP contribution in [0.2, 0.25) is 0 Å². The minimum atomic E-state index is -0.286. The Balaban J connectivity index is 2.44. The number of hydrogen-bond acceptors (Lipinski definition) is 3. The van der Waals surface area contributed by atoms with Crippen LogP contribution in [0.5, 0.6) is 0 Å². The van der Waals surface area contributed by atoms with Crippen molar-refractivity contribution < 1.29 is 9.50 Å². The molecule has 1 aromatic carbocycles. The lowest BCUT2D eigenvalue weighted by atomic mass is 10.2. The van der Waals surface area contributed by atoms with Gasteiger partial charge in [-0.2, -0.15) is 0 Å². The Hall–Kier alpha value is -1.26. The van der Waals surface area contributed by atoms with Crippen molar-refractivity contribution >= 4 is 11.3 Å². The first kappa shape index (κ1) is 9.30. The van der Waals surface area contributed by atoms with Crippen LogP contribution in [0.25, 0.3) is 10.6 Å². The Morgan fingerprint density at radius 1 is 1.36 bits per heavy atom. The number of benzene rings is 1. The van der Waals surface area contributed by atoms with Gasteiger partial charge in [0.2, 0.25) is 0 Å². The Kier molecular flexibility index (Phi) is 2.56. The Bertz CT molecular complexity index is 441. The van der Waals surface area contributed by atoms with Gasteiger partial charge in [-0.3, -0.25) is 0 Å². The number of thiazole rings is 1. The highest BCUT2D eigenvalue weighted by molar-refractivity contribution is 7.13. The maximum absolute atomic E-state index is 13.3. The molecule has 0 amide bonds. The van der Waals surface area contributed by atoms with Gasteiger partial charge < -0.3 is 5.11 Å². The minimum absolute atomic E-state index is 0.106. The molecule has 0 aliphatic rings. The fourth-order valence-corrected chi connectivity index (χ4v) is 1.98. The number of aliphatic hydroxyl groups excluding tert-OH is 1. The van der Waals surface area contributed by atoms with Gasteiger partial charge in [0.05, 0.1) is 12.3 Å². The van der Waals surface area contributed by atoms with Gasteiger partial charge in [-0.15, -0.1) is 11.3 Å². The summed E-state index contributed by atoms with van der Waals surface area (Å²) in [7, 11) is 0. The van der Waals surface area contributed by atoms with Crippen LogP contribution >= 0.6 is 11.3 Å². The van der Waals surface area contributed by atoms with Crippen LogP contribution in [0.4, 0.5) is 4.39 Å². The van der Waals surface area contributed by atoms with Gasteiger partial charge in [0.25, 0.3) is 0 Å². The summed E-state index contributed by atoms with van der Waals surface area (Å²) in [5, 5.41) is 11.1. The van der Waals surface area contributed by atoms with E-state index in [-0.39, 0.29) is 12.4 Å². The Morgan fingerprint density at radius 3 is 2.79 bits per heavy atom. The van der Waals surface area contributed by atoms with Gasteiger partial charge in [-0.25, -0.2) is 9.37 Å². The molecule has 14 heavy (non-hydrogen) atoms. The summed E-state index contributed by atoms with van der Waals surface area (Å²) in [4.78, 5) is 4.09. The molecule has 0 spiro atoms. The summed E-state index contributed by atoms with van der Waals surface area (Å²) in [5.41, 5.74) is 1.06. The van der Waals surface area contributed by atoms with E-state index >= 15 is 0 Å². The molecular weight excluding hydrogens is 201 g/mol. The van der Waals surface area contributed by atoms with Crippen molar-refractivity contribution in [1.29, 1.82) is 0 Å². The molecular formula is C10H8FNOS. The highest BCUT2D eigenvalue weighted by Gasteiger charge is 2.07. The van der Waals surface area contributed by atoms with Crippen molar-refractivity contribution in [1.82, 2.24) is 4.98 Å². The molecule has 4 heteroatoms. The van der Waals surface area contributed by atoms with Crippen LogP contribution in [0.3, 0.4) is 0 Å². The van der Waals surface area contributed by atoms with Gasteiger partial charge >= 0.3 is 0 Å². The first-order valence-electron chi connectivity index (χ1n) is 4.11. The molecule has 2 nitrogen and oxygen atoms in total. The molecule has 2 aromatic rings. The third kappa shape index (κ3) is 1.66. The highest BCUT2D eigenvalue weighted by Crippen LogP contribution is 2.25. The lowest BCUT2D eigenvalue weighted by Gasteiger charge is -1.96. The molecule has 0 bridgehead atoms. The van der Waals surface area contributed by atoms with Gasteiger partial charge in [-0.05, 0) is 12.1 Å². The van der Waals surface area contributed by atoms with Crippen molar-refractivity contribution in [2.75, 3.05) is 0 Å². The van der Waals surface area contributed by atoms with E-state index in [4.69, 9.17) is 5.11 Å². The SMILES string of the molecule is OCc1csc(-c2ccccc2F)n1. The number of rotatable bonds is 2. The summed E-state index contributed by atoms with van der Waals surface area (Å²) < 4.78 is 13.3. The van der Waals surface area contributed by atoms with Crippen LogP contribution in [-0.2, 0) is 6.61 Å². The summed E-state index contributed by atoms with van der Waals surface area (Å²) in [5.74, 6) is -0.286. The first-order chi connectivity index (χ1) is 6.81. The lowest BCUT2D eigenvalue weighted by Crippen LogP contribution is -1.85. The summed E-state index contributed by atoms with van der Waals surface area (Å²) >= 11 is 1.33. The average Bonchev–Trinajstić information content (AvgIpc) is 2.67. The lowest BCUT2D eigenvalue weighted by molar-refractivity contribution is 0.278. The molecule has 0 radical (unpaired) electrons. The minimum Gasteiger partial charge on any atom is -0.390 e. The zero-order valence-electron chi connectivity index (χ0n) is 7.27. The molecule has 1 aromatic heterocycles. The van der Waals surface area contributed by atoms with Crippen LogP contribution in [0.15, 0.2) is 29.6 Å². The topological polar surface area (TPSA) is 33.1 Å². The van der Waals surface area contributed by atoms with Crippen LogP contribution in [0, 0.1) is 5.82 Å². The second-order valence-electron chi connectivity index (χ2n) is 2.78. The van der Waals surface area contributed by atoms with Gasteiger partial charge in [0, 0.05) is 10.9 Å². The zero-order chi connectivity index (χ0) is 9.97. The van der Waals surface area contributed by atoms with E-state index in [1.54, 1.807) is 23.6 Å². The van der Waals surface area contributed by atoms with Crippen molar-refractivity contribution in [3.8, 4) is 10.6 Å². The van der Waals surface area contributed by atoms with E-state index in [0.717, 1.165) is 0 Å². The predicted molar refractivity (Wildman–Crippen MR) is 53.4 cm³/mol. The largest absolute Gasteiger partial charge is 0.390 e. The van der Waals surface area contributed by atoms with Crippen LogP contribution in [-0.4, -0.2) is 10.1 Å². The van der Waals surface area contributed by atoms with E-state index in [0.29, 0.717) is 16.3 Å². The molecule has 0 atom stereocenters.